The van der Waals surface area contributed by atoms with Crippen molar-refractivity contribution in [1.82, 2.24) is 25.2 Å². The number of hydrogen-bond donors (Lipinski definition) is 1. The number of carbonyl (C=O) groups is 1. The van der Waals surface area contributed by atoms with Crippen LogP contribution in [0.25, 0.3) is 22.5 Å². The van der Waals surface area contributed by atoms with Gasteiger partial charge in [0.05, 0.1) is 0 Å². The van der Waals surface area contributed by atoms with Crippen LogP contribution in [-0.2, 0) is 6.54 Å². The zero-order chi connectivity index (χ0) is 16.5. The molecule has 1 amide bonds. The van der Waals surface area contributed by atoms with Gasteiger partial charge in [0.1, 0.15) is 12.1 Å². The Morgan fingerprint density at radius 3 is 2.67 bits per heavy atom. The van der Waals surface area contributed by atoms with Crippen LogP contribution in [0, 0.1) is 0 Å². The maximum atomic E-state index is 11.1. The molecule has 0 spiro atoms. The Bertz CT molecular complexity index is 985. The Kier molecular flexibility index (Phi) is 3.27. The van der Waals surface area contributed by atoms with Gasteiger partial charge in [-0.2, -0.15) is 4.80 Å². The summed E-state index contributed by atoms with van der Waals surface area (Å²) in [5.74, 6) is 0.473. The number of fused-ring (bicyclic) bond motifs is 1. The minimum atomic E-state index is -0.478. The van der Waals surface area contributed by atoms with Gasteiger partial charge in [-0.25, -0.2) is 4.98 Å². The van der Waals surface area contributed by atoms with E-state index in [9.17, 15) is 4.79 Å². The molecule has 0 radical (unpaired) electrons. The number of nitrogens with zero attached hydrogens (tertiary/aromatic N) is 5. The molecule has 0 aliphatic rings. The summed E-state index contributed by atoms with van der Waals surface area (Å²) >= 11 is 0. The lowest BCUT2D eigenvalue weighted by Crippen LogP contribution is -2.10. The van der Waals surface area contributed by atoms with Gasteiger partial charge in [-0.05, 0) is 29.5 Å². The third-order valence-electron chi connectivity index (χ3n) is 3.50. The van der Waals surface area contributed by atoms with Crippen LogP contribution < -0.4 is 5.73 Å². The summed E-state index contributed by atoms with van der Waals surface area (Å²) in [6.45, 7) is 0.279. The Morgan fingerprint density at radius 1 is 1.12 bits per heavy atom. The van der Waals surface area contributed by atoms with E-state index in [-0.39, 0.29) is 6.54 Å². The third kappa shape index (κ3) is 2.60. The highest BCUT2D eigenvalue weighted by Crippen LogP contribution is 2.17. The van der Waals surface area contributed by atoms with Crippen LogP contribution in [0.1, 0.15) is 16.2 Å². The highest BCUT2D eigenvalue weighted by atomic mass is 16.3. The van der Waals surface area contributed by atoms with E-state index in [2.05, 4.69) is 20.4 Å². The lowest BCUT2D eigenvalue weighted by atomic mass is 10.1. The molecule has 0 atom stereocenters. The van der Waals surface area contributed by atoms with Crippen LogP contribution in [0.2, 0.25) is 0 Å². The van der Waals surface area contributed by atoms with Gasteiger partial charge in [-0.1, -0.05) is 24.3 Å². The minimum Gasteiger partial charge on any atom is -0.439 e. The summed E-state index contributed by atoms with van der Waals surface area (Å²) in [7, 11) is 0. The summed E-state index contributed by atoms with van der Waals surface area (Å²) in [4.78, 5) is 16.9. The number of benzene rings is 2. The summed E-state index contributed by atoms with van der Waals surface area (Å²) in [6, 6.07) is 14.2. The second-order valence-electron chi connectivity index (χ2n) is 5.16. The smallest absolute Gasteiger partial charge is 0.248 e. The number of primary amides is 1. The molecule has 4 rings (SSSR count). The Morgan fingerprint density at radius 2 is 1.92 bits per heavy atom. The number of rotatable bonds is 4. The van der Waals surface area contributed by atoms with Gasteiger partial charge >= 0.3 is 0 Å². The number of aromatic nitrogens is 5. The van der Waals surface area contributed by atoms with E-state index >= 15 is 0 Å². The van der Waals surface area contributed by atoms with Crippen molar-refractivity contribution in [3.8, 4) is 11.4 Å². The Balaban J connectivity index is 1.56. The molecule has 118 valence electrons. The van der Waals surface area contributed by atoms with Crippen LogP contribution in [0.3, 0.4) is 0 Å². The molecule has 2 heterocycles. The van der Waals surface area contributed by atoms with Crippen molar-refractivity contribution in [2.45, 2.75) is 6.54 Å². The average molecular weight is 320 g/mol. The number of para-hydroxylation sites is 2. The van der Waals surface area contributed by atoms with Crippen molar-refractivity contribution in [3.05, 3.63) is 60.0 Å². The quantitative estimate of drug-likeness (QED) is 0.611. The minimum absolute atomic E-state index is 0.279. The summed E-state index contributed by atoms with van der Waals surface area (Å²) in [6.07, 6.45) is 0. The fourth-order valence-electron chi connectivity index (χ4n) is 2.32. The average Bonchev–Trinajstić information content (AvgIpc) is 3.21. The molecule has 24 heavy (non-hydrogen) atoms. The number of nitrogens with two attached hydrogens (primary N) is 1. The molecule has 2 aromatic carbocycles. The van der Waals surface area contributed by atoms with Gasteiger partial charge in [-0.3, -0.25) is 4.79 Å². The van der Waals surface area contributed by atoms with Crippen molar-refractivity contribution >= 4 is 17.0 Å². The molecule has 0 aliphatic heterocycles. The molecule has 0 fully saturated rings. The second kappa shape index (κ2) is 5.58. The van der Waals surface area contributed by atoms with E-state index in [0.717, 1.165) is 16.7 Å². The monoisotopic (exact) mass is 320 g/mol. The van der Waals surface area contributed by atoms with Crippen LogP contribution in [0.4, 0.5) is 0 Å². The molecule has 0 unspecified atom stereocenters. The first-order valence-electron chi connectivity index (χ1n) is 7.21. The van der Waals surface area contributed by atoms with Crippen LogP contribution in [-0.4, -0.2) is 31.1 Å². The molecule has 8 nitrogen and oxygen atoms in total. The van der Waals surface area contributed by atoms with E-state index in [1.165, 1.54) is 4.80 Å². The van der Waals surface area contributed by atoms with E-state index in [1.54, 1.807) is 24.3 Å². The number of amides is 1. The predicted octanol–water partition coefficient (Wildman–Crippen LogP) is 1.63. The van der Waals surface area contributed by atoms with Gasteiger partial charge in [0.15, 0.2) is 5.58 Å². The molecule has 0 saturated heterocycles. The van der Waals surface area contributed by atoms with Gasteiger partial charge in [-0.15, -0.1) is 10.2 Å². The molecule has 4 aromatic rings. The number of hydrogen-bond acceptors (Lipinski definition) is 6. The molecule has 2 N–H and O–H groups in total. The number of tetrazole rings is 1. The van der Waals surface area contributed by atoms with Crippen LogP contribution in [0.5, 0.6) is 0 Å². The van der Waals surface area contributed by atoms with Crippen molar-refractivity contribution in [2.24, 2.45) is 5.73 Å². The van der Waals surface area contributed by atoms with Gasteiger partial charge in [0, 0.05) is 11.1 Å². The van der Waals surface area contributed by atoms with Crippen molar-refractivity contribution < 1.29 is 9.21 Å². The van der Waals surface area contributed by atoms with Crippen LogP contribution >= 0.6 is 0 Å². The molecule has 2 aromatic heterocycles. The van der Waals surface area contributed by atoms with E-state index in [0.29, 0.717) is 17.3 Å². The first kappa shape index (κ1) is 14.1. The van der Waals surface area contributed by atoms with E-state index in [4.69, 9.17) is 10.2 Å². The maximum absolute atomic E-state index is 11.1. The zero-order valence-corrected chi connectivity index (χ0v) is 12.5. The number of oxazole rings is 1. The highest BCUT2D eigenvalue weighted by molar-refractivity contribution is 5.93. The Hall–Kier alpha value is -3.55. The van der Waals surface area contributed by atoms with Gasteiger partial charge < -0.3 is 10.2 Å². The van der Waals surface area contributed by atoms with E-state index in [1.807, 2.05) is 24.3 Å². The first-order chi connectivity index (χ1) is 11.7. The van der Waals surface area contributed by atoms with Gasteiger partial charge in [0.25, 0.3) is 0 Å². The maximum Gasteiger partial charge on any atom is 0.248 e. The molecule has 0 aliphatic carbocycles. The standard InChI is InChI=1S/C16H12N6O2/c17-15(23)10-5-7-11(8-6-10)16-19-21-22(20-16)9-14-18-12-3-1-2-4-13(12)24-14/h1-8H,9H2,(H2,17,23). The van der Waals surface area contributed by atoms with Gasteiger partial charge in [0.2, 0.25) is 17.6 Å². The molecule has 8 heteroatoms. The van der Waals surface area contributed by atoms with Crippen molar-refractivity contribution in [3.63, 3.8) is 0 Å². The molecule has 0 saturated carbocycles. The summed E-state index contributed by atoms with van der Waals surface area (Å²) in [5.41, 5.74) is 7.89. The lowest BCUT2D eigenvalue weighted by Gasteiger charge is -1.97. The third-order valence-corrected chi connectivity index (χ3v) is 3.50. The normalized spacial score (nSPS) is 11.0. The SMILES string of the molecule is NC(=O)c1ccc(-c2nnn(Cc3nc4ccccc4o3)n2)cc1. The predicted molar refractivity (Wildman–Crippen MR) is 84.9 cm³/mol. The Labute approximate surface area is 135 Å². The van der Waals surface area contributed by atoms with E-state index < -0.39 is 5.91 Å². The van der Waals surface area contributed by atoms with Crippen molar-refractivity contribution in [1.29, 1.82) is 0 Å². The first-order valence-corrected chi connectivity index (χ1v) is 7.21. The second-order valence-corrected chi connectivity index (χ2v) is 5.16. The lowest BCUT2D eigenvalue weighted by molar-refractivity contribution is 0.100. The molecular formula is C16H12N6O2. The van der Waals surface area contributed by atoms with Crippen molar-refractivity contribution in [2.75, 3.05) is 0 Å². The largest absolute Gasteiger partial charge is 0.439 e. The topological polar surface area (TPSA) is 113 Å². The molecular weight excluding hydrogens is 308 g/mol. The van der Waals surface area contributed by atoms with Crippen LogP contribution in [0.15, 0.2) is 52.9 Å². The number of carbonyl (C=O) groups excluding carboxylic acids is 1. The summed E-state index contributed by atoms with van der Waals surface area (Å²) < 4.78 is 5.64. The summed E-state index contributed by atoms with van der Waals surface area (Å²) in [5, 5.41) is 12.3. The fourth-order valence-corrected chi connectivity index (χ4v) is 2.32. The molecule has 0 bridgehead atoms. The fraction of sp³-hybridized carbons (Fsp3) is 0.0625. The zero-order valence-electron chi connectivity index (χ0n) is 12.5. The highest BCUT2D eigenvalue weighted by Gasteiger charge is 2.10.